The summed E-state index contributed by atoms with van der Waals surface area (Å²) < 4.78 is 0. The van der Waals surface area contributed by atoms with Gasteiger partial charge in [-0.3, -0.25) is 0 Å². The van der Waals surface area contributed by atoms with E-state index in [2.05, 4.69) is 284 Å². The summed E-state index contributed by atoms with van der Waals surface area (Å²) in [6, 6.07) is 87.0. The molecular formula is C72H59N. The van der Waals surface area contributed by atoms with Crippen LogP contribution in [-0.4, -0.2) is 0 Å². The second-order valence-electron chi connectivity index (χ2n) is 22.5. The van der Waals surface area contributed by atoms with Gasteiger partial charge in [-0.2, -0.15) is 0 Å². The van der Waals surface area contributed by atoms with Crippen LogP contribution in [0.5, 0.6) is 0 Å². The Bertz CT molecular complexity index is 3970. The van der Waals surface area contributed by atoms with Crippen molar-refractivity contribution >= 4 is 38.6 Å². The second-order valence-corrected chi connectivity index (χ2v) is 22.5. The van der Waals surface area contributed by atoms with Crippen LogP contribution >= 0.6 is 0 Å². The molecule has 13 rings (SSSR count). The first-order chi connectivity index (χ1) is 35.3. The first-order valence-corrected chi connectivity index (χ1v) is 26.0. The molecule has 0 unspecified atom stereocenters. The van der Waals surface area contributed by atoms with Crippen molar-refractivity contribution in [3.05, 3.63) is 258 Å². The third-order valence-electron chi connectivity index (χ3n) is 16.4. The van der Waals surface area contributed by atoms with E-state index in [0.717, 1.165) is 28.2 Å². The Morgan fingerprint density at radius 1 is 0.315 bits per heavy atom. The Balaban J connectivity index is 1.06. The van der Waals surface area contributed by atoms with Gasteiger partial charge in [0.15, 0.2) is 0 Å². The fourth-order valence-electron chi connectivity index (χ4n) is 12.4. The van der Waals surface area contributed by atoms with Gasteiger partial charge in [-0.25, -0.2) is 0 Å². The first-order valence-electron chi connectivity index (χ1n) is 26.0. The average molecular weight is 938 g/mol. The van der Waals surface area contributed by atoms with E-state index < -0.39 is 0 Å². The zero-order valence-electron chi connectivity index (χ0n) is 42.9. The van der Waals surface area contributed by atoms with E-state index in [-0.39, 0.29) is 16.2 Å². The van der Waals surface area contributed by atoms with Crippen LogP contribution in [0.1, 0.15) is 76.3 Å². The third-order valence-corrected chi connectivity index (χ3v) is 16.4. The molecule has 0 saturated heterocycles. The maximum atomic E-state index is 2.58. The fourth-order valence-corrected chi connectivity index (χ4v) is 12.4. The van der Waals surface area contributed by atoms with Crippen molar-refractivity contribution in [3.8, 4) is 66.8 Å². The standard InChI is InChI=1S/C72H59N/c1-70(2,3)54-36-32-47(33-37-54)46-28-30-48(31-29-46)53-35-40-66(59(42-53)49-18-9-8-10-19-49)73(55-38-39-63-61(45-55)60-43-51-21-11-12-22-52(51)44-65(60)72(63,6)7)67-41-34-50-20-13-14-23-56(50)69(67)58-25-17-27-64-68(58)57-24-15-16-26-62(57)71(64,4)5/h8-45H,1-7H3. The normalized spacial score (nSPS) is 13.9. The molecule has 0 N–H and O–H groups in total. The average Bonchev–Trinajstić information content (AvgIpc) is 3.79. The maximum absolute atomic E-state index is 2.58. The number of hydrogen-bond donors (Lipinski definition) is 0. The molecule has 73 heavy (non-hydrogen) atoms. The molecule has 11 aromatic rings. The van der Waals surface area contributed by atoms with E-state index in [9.17, 15) is 0 Å². The summed E-state index contributed by atoms with van der Waals surface area (Å²) in [5, 5.41) is 4.99. The van der Waals surface area contributed by atoms with Crippen LogP contribution in [0.2, 0.25) is 0 Å². The minimum Gasteiger partial charge on any atom is -0.309 e. The number of anilines is 3. The topological polar surface area (TPSA) is 3.24 Å². The van der Waals surface area contributed by atoms with E-state index in [1.54, 1.807) is 0 Å². The maximum Gasteiger partial charge on any atom is 0.0546 e. The van der Waals surface area contributed by atoms with Crippen molar-refractivity contribution in [1.29, 1.82) is 0 Å². The zero-order valence-corrected chi connectivity index (χ0v) is 42.9. The monoisotopic (exact) mass is 937 g/mol. The van der Waals surface area contributed by atoms with Gasteiger partial charge in [-0.05, 0) is 153 Å². The van der Waals surface area contributed by atoms with Gasteiger partial charge in [0.1, 0.15) is 0 Å². The van der Waals surface area contributed by atoms with Crippen LogP contribution < -0.4 is 4.90 Å². The molecule has 0 saturated carbocycles. The molecule has 0 fully saturated rings. The summed E-state index contributed by atoms with van der Waals surface area (Å²) in [4.78, 5) is 2.58. The predicted molar refractivity (Wildman–Crippen MR) is 312 cm³/mol. The largest absolute Gasteiger partial charge is 0.309 e. The highest BCUT2D eigenvalue weighted by molar-refractivity contribution is 6.10. The van der Waals surface area contributed by atoms with Crippen LogP contribution in [0.4, 0.5) is 17.1 Å². The molecule has 0 radical (unpaired) electrons. The van der Waals surface area contributed by atoms with Gasteiger partial charge < -0.3 is 4.90 Å². The first kappa shape index (κ1) is 44.7. The number of nitrogens with zero attached hydrogens (tertiary/aromatic N) is 1. The Kier molecular flexibility index (Phi) is 10.2. The minimum absolute atomic E-state index is 0.111. The van der Waals surface area contributed by atoms with E-state index in [0.29, 0.717) is 0 Å². The fraction of sp³-hybridized carbons (Fsp3) is 0.139. The molecule has 0 heterocycles. The molecule has 1 nitrogen and oxygen atoms in total. The van der Waals surface area contributed by atoms with Crippen LogP contribution in [0.3, 0.4) is 0 Å². The van der Waals surface area contributed by atoms with E-state index >= 15 is 0 Å². The van der Waals surface area contributed by atoms with Gasteiger partial charge in [0, 0.05) is 27.6 Å². The predicted octanol–water partition coefficient (Wildman–Crippen LogP) is 20.0. The van der Waals surface area contributed by atoms with Crippen LogP contribution in [-0.2, 0) is 16.2 Å². The van der Waals surface area contributed by atoms with Crippen molar-refractivity contribution < 1.29 is 0 Å². The van der Waals surface area contributed by atoms with Gasteiger partial charge in [-0.1, -0.05) is 237 Å². The summed E-state index contributed by atoms with van der Waals surface area (Å²) in [5.74, 6) is 0. The number of rotatable bonds is 7. The quantitative estimate of drug-likeness (QED) is 0.154. The van der Waals surface area contributed by atoms with Crippen molar-refractivity contribution in [2.24, 2.45) is 0 Å². The zero-order chi connectivity index (χ0) is 49.8. The molecule has 2 aliphatic carbocycles. The Morgan fingerprint density at radius 2 is 0.863 bits per heavy atom. The van der Waals surface area contributed by atoms with E-state index in [1.807, 2.05) is 0 Å². The summed E-state index contributed by atoms with van der Waals surface area (Å²) >= 11 is 0. The highest BCUT2D eigenvalue weighted by Crippen LogP contribution is 2.57. The van der Waals surface area contributed by atoms with Gasteiger partial charge in [-0.15, -0.1) is 0 Å². The van der Waals surface area contributed by atoms with Crippen LogP contribution in [0, 0.1) is 0 Å². The smallest absolute Gasteiger partial charge is 0.0546 e. The SMILES string of the molecule is CC(C)(C)c1ccc(-c2ccc(-c3ccc(N(c4ccc5c(c4)-c4cc6ccccc6cc4C5(C)C)c4ccc5ccccc5c4-c4cccc5c4-c4ccccc4C5(C)C)c(-c4ccccc4)c3)cc2)cc1. The van der Waals surface area contributed by atoms with Crippen molar-refractivity contribution in [3.63, 3.8) is 0 Å². The van der Waals surface area contributed by atoms with Gasteiger partial charge in [0.2, 0.25) is 0 Å². The minimum atomic E-state index is -0.167. The highest BCUT2D eigenvalue weighted by Gasteiger charge is 2.39. The number of benzene rings is 11. The number of hydrogen-bond acceptors (Lipinski definition) is 1. The molecule has 0 bridgehead atoms. The lowest BCUT2D eigenvalue weighted by Crippen LogP contribution is -2.16. The lowest BCUT2D eigenvalue weighted by Gasteiger charge is -2.32. The summed E-state index contributed by atoms with van der Waals surface area (Å²) in [6.07, 6.45) is 0. The molecular weight excluding hydrogens is 879 g/mol. The highest BCUT2D eigenvalue weighted by atomic mass is 15.1. The Morgan fingerprint density at radius 3 is 1.60 bits per heavy atom. The molecule has 0 spiro atoms. The lowest BCUT2D eigenvalue weighted by molar-refractivity contribution is 0.590. The Labute approximate surface area is 431 Å². The van der Waals surface area contributed by atoms with Gasteiger partial charge in [0.05, 0.1) is 11.4 Å². The molecule has 2 aliphatic rings. The molecule has 0 aromatic heterocycles. The molecule has 0 amide bonds. The molecule has 11 aromatic carbocycles. The molecule has 352 valence electrons. The Hall–Kier alpha value is -8.26. The lowest BCUT2D eigenvalue weighted by atomic mass is 9.81. The van der Waals surface area contributed by atoms with E-state index in [1.165, 1.54) is 105 Å². The summed E-state index contributed by atoms with van der Waals surface area (Å²) in [6.45, 7) is 16.4. The van der Waals surface area contributed by atoms with Gasteiger partial charge in [0.25, 0.3) is 0 Å². The summed E-state index contributed by atoms with van der Waals surface area (Å²) in [7, 11) is 0. The van der Waals surface area contributed by atoms with Gasteiger partial charge >= 0.3 is 0 Å². The van der Waals surface area contributed by atoms with Crippen molar-refractivity contribution in [2.75, 3.05) is 4.90 Å². The molecule has 1 heteroatoms. The van der Waals surface area contributed by atoms with E-state index in [4.69, 9.17) is 0 Å². The molecule has 0 aliphatic heterocycles. The second kappa shape index (κ2) is 16.7. The van der Waals surface area contributed by atoms with Crippen molar-refractivity contribution in [1.82, 2.24) is 0 Å². The van der Waals surface area contributed by atoms with Crippen LogP contribution in [0.15, 0.2) is 231 Å². The van der Waals surface area contributed by atoms with Crippen LogP contribution in [0.25, 0.3) is 88.3 Å². The summed E-state index contributed by atoms with van der Waals surface area (Å²) in [5.41, 5.74) is 24.8. The molecule has 0 atom stereocenters. The van der Waals surface area contributed by atoms with Crippen molar-refractivity contribution in [2.45, 2.75) is 64.7 Å². The number of fused-ring (bicyclic) bond motifs is 8. The third kappa shape index (κ3) is 7.20.